The van der Waals surface area contributed by atoms with Crippen LogP contribution in [-0.4, -0.2) is 59.1 Å². The van der Waals surface area contributed by atoms with Crippen molar-refractivity contribution in [3.05, 3.63) is 30.1 Å². The summed E-state index contributed by atoms with van der Waals surface area (Å²) < 4.78 is 13.7. The smallest absolute Gasteiger partial charge is 0.321 e. The van der Waals surface area contributed by atoms with Crippen LogP contribution in [0.5, 0.6) is 0 Å². The molecular weight excluding hydrogens is 405 g/mol. The van der Waals surface area contributed by atoms with E-state index in [1.165, 1.54) is 38.6 Å². The number of carboxylic acids is 1. The van der Waals surface area contributed by atoms with Gasteiger partial charge in [-0.1, -0.05) is 33.7 Å². The molecule has 2 rings (SSSR count). The van der Waals surface area contributed by atoms with Crippen LogP contribution in [0, 0.1) is 11.7 Å². The maximum absolute atomic E-state index is 13.7. The molecule has 1 aromatic carbocycles. The summed E-state index contributed by atoms with van der Waals surface area (Å²) in [6.45, 7) is 1.31. The van der Waals surface area contributed by atoms with Crippen LogP contribution in [0.4, 0.5) is 14.9 Å². The molecule has 1 aliphatic rings. The number of likely N-dealkylation sites (tertiary alicyclic amines) is 1. The molecular formula is C18H24FN3O4S2. The predicted octanol–water partition coefficient (Wildman–Crippen LogP) is 3.04. The second-order valence-electron chi connectivity index (χ2n) is 6.27. The lowest BCUT2D eigenvalue weighted by molar-refractivity contribution is -0.136. The van der Waals surface area contributed by atoms with E-state index >= 15 is 0 Å². The highest BCUT2D eigenvalue weighted by Gasteiger charge is 2.28. The summed E-state index contributed by atoms with van der Waals surface area (Å²) in [5.41, 5.74) is 0.122. The first-order valence-corrected chi connectivity index (χ1v) is 11.5. The molecule has 7 nitrogen and oxygen atoms in total. The lowest BCUT2D eigenvalue weighted by atomic mass is 9.97. The van der Waals surface area contributed by atoms with E-state index in [-0.39, 0.29) is 23.9 Å². The third kappa shape index (κ3) is 7.59. The van der Waals surface area contributed by atoms with Crippen LogP contribution in [-0.2, 0) is 9.59 Å². The molecule has 10 heteroatoms. The predicted molar refractivity (Wildman–Crippen MR) is 110 cm³/mol. The number of carbonyl (C=O) groups is 3. The number of para-hydroxylation sites is 1. The van der Waals surface area contributed by atoms with Crippen molar-refractivity contribution in [1.82, 2.24) is 10.2 Å². The number of hydrogen-bond acceptors (Lipinski definition) is 5. The van der Waals surface area contributed by atoms with E-state index in [1.807, 2.05) is 0 Å². The SMILES string of the molecule is O=C(O)CCSSCCNC(=O)C1CCCN(C(=O)Nc2ccccc2F)C1. The minimum atomic E-state index is -0.817. The third-order valence-corrected chi connectivity index (χ3v) is 6.57. The fraction of sp³-hybridized carbons (Fsp3) is 0.500. The second kappa shape index (κ2) is 11.8. The number of carbonyl (C=O) groups excluding carboxylic acids is 2. The summed E-state index contributed by atoms with van der Waals surface area (Å²) >= 11 is 0. The Bertz CT molecular complexity index is 693. The van der Waals surface area contributed by atoms with Crippen molar-refractivity contribution >= 4 is 45.2 Å². The minimum Gasteiger partial charge on any atom is -0.481 e. The van der Waals surface area contributed by atoms with Gasteiger partial charge in [0.25, 0.3) is 0 Å². The molecule has 1 atom stereocenters. The first kappa shape index (κ1) is 22.4. The van der Waals surface area contributed by atoms with Gasteiger partial charge in [0.05, 0.1) is 18.0 Å². The van der Waals surface area contributed by atoms with Crippen molar-refractivity contribution < 1.29 is 23.9 Å². The van der Waals surface area contributed by atoms with E-state index < -0.39 is 17.8 Å². The molecule has 28 heavy (non-hydrogen) atoms. The maximum Gasteiger partial charge on any atom is 0.321 e. The summed E-state index contributed by atoms with van der Waals surface area (Å²) in [6.07, 6.45) is 1.54. The number of halogens is 1. The van der Waals surface area contributed by atoms with Gasteiger partial charge in [-0.3, -0.25) is 9.59 Å². The number of nitrogens with one attached hydrogen (secondary N) is 2. The van der Waals surface area contributed by atoms with Crippen LogP contribution >= 0.6 is 21.6 Å². The van der Waals surface area contributed by atoms with Gasteiger partial charge in [-0.2, -0.15) is 0 Å². The van der Waals surface area contributed by atoms with E-state index in [1.54, 1.807) is 12.1 Å². The Hall–Kier alpha value is -1.94. The normalized spacial score (nSPS) is 16.5. The van der Waals surface area contributed by atoms with Crippen LogP contribution in [0.15, 0.2) is 24.3 Å². The van der Waals surface area contributed by atoms with Gasteiger partial charge >= 0.3 is 12.0 Å². The Morgan fingerprint density at radius 2 is 1.96 bits per heavy atom. The first-order valence-electron chi connectivity index (χ1n) is 9.01. The van der Waals surface area contributed by atoms with Crippen LogP contribution < -0.4 is 10.6 Å². The van der Waals surface area contributed by atoms with Crippen LogP contribution in [0.3, 0.4) is 0 Å². The maximum atomic E-state index is 13.7. The van der Waals surface area contributed by atoms with Crippen LogP contribution in [0.2, 0.25) is 0 Å². The van der Waals surface area contributed by atoms with Gasteiger partial charge in [0.1, 0.15) is 5.82 Å². The standard InChI is InChI=1S/C18H24FN3O4S2/c19-14-5-1-2-6-15(14)21-18(26)22-9-3-4-13(12-22)17(25)20-8-11-28-27-10-7-16(23)24/h1-2,5-6,13H,3-4,7-12H2,(H,20,25)(H,21,26)(H,23,24). The molecule has 154 valence electrons. The van der Waals surface area contributed by atoms with Gasteiger partial charge in [-0.25, -0.2) is 9.18 Å². The van der Waals surface area contributed by atoms with Gasteiger partial charge in [0, 0.05) is 31.1 Å². The molecule has 3 amide bonds. The Labute approximate surface area is 171 Å². The highest BCUT2D eigenvalue weighted by Crippen LogP contribution is 2.22. The molecule has 1 heterocycles. The number of hydrogen-bond donors (Lipinski definition) is 3. The molecule has 3 N–H and O–H groups in total. The zero-order valence-corrected chi connectivity index (χ0v) is 17.0. The third-order valence-electron chi connectivity index (χ3n) is 4.16. The number of amides is 3. The zero-order chi connectivity index (χ0) is 20.4. The molecule has 0 aromatic heterocycles. The molecule has 1 fully saturated rings. The Balaban J connectivity index is 1.70. The lowest BCUT2D eigenvalue weighted by Crippen LogP contribution is -2.47. The van der Waals surface area contributed by atoms with Gasteiger partial charge in [0.15, 0.2) is 0 Å². The molecule has 1 aromatic rings. The number of carboxylic acid groups (broad SMARTS) is 1. The number of piperidine rings is 1. The summed E-state index contributed by atoms with van der Waals surface area (Å²) in [6, 6.07) is 5.55. The number of anilines is 1. The molecule has 0 bridgehead atoms. The average molecular weight is 430 g/mol. The Kier molecular flexibility index (Phi) is 9.42. The minimum absolute atomic E-state index is 0.0977. The monoisotopic (exact) mass is 429 g/mol. The van der Waals surface area contributed by atoms with Gasteiger partial charge in [-0.05, 0) is 25.0 Å². The molecule has 1 aliphatic heterocycles. The fourth-order valence-electron chi connectivity index (χ4n) is 2.74. The molecule has 0 saturated carbocycles. The quantitative estimate of drug-likeness (QED) is 0.412. The van der Waals surface area contributed by atoms with Gasteiger partial charge in [-0.15, -0.1) is 0 Å². The molecule has 0 spiro atoms. The summed E-state index contributed by atoms with van der Waals surface area (Å²) in [7, 11) is 2.99. The van der Waals surface area contributed by atoms with E-state index in [0.717, 1.165) is 0 Å². The second-order valence-corrected chi connectivity index (χ2v) is 8.98. The van der Waals surface area contributed by atoms with Crippen LogP contribution in [0.25, 0.3) is 0 Å². The number of urea groups is 1. The summed E-state index contributed by atoms with van der Waals surface area (Å²) in [5, 5.41) is 14.0. The van der Waals surface area contributed by atoms with E-state index in [2.05, 4.69) is 10.6 Å². The molecule has 0 radical (unpaired) electrons. The highest BCUT2D eigenvalue weighted by molar-refractivity contribution is 8.76. The van der Waals surface area contributed by atoms with Crippen molar-refractivity contribution in [2.24, 2.45) is 5.92 Å². The highest BCUT2D eigenvalue weighted by atomic mass is 33.1. The van der Waals surface area contributed by atoms with Crippen molar-refractivity contribution in [3.8, 4) is 0 Å². The number of benzene rings is 1. The molecule has 1 saturated heterocycles. The Morgan fingerprint density at radius 1 is 1.21 bits per heavy atom. The topological polar surface area (TPSA) is 98.7 Å². The molecule has 1 unspecified atom stereocenters. The van der Waals surface area contributed by atoms with Gasteiger partial charge in [0.2, 0.25) is 5.91 Å². The largest absolute Gasteiger partial charge is 0.481 e. The van der Waals surface area contributed by atoms with Crippen molar-refractivity contribution in [2.75, 3.05) is 36.5 Å². The first-order chi connectivity index (χ1) is 13.5. The number of rotatable bonds is 9. The average Bonchev–Trinajstić information content (AvgIpc) is 2.68. The van der Waals surface area contributed by atoms with Crippen molar-refractivity contribution in [2.45, 2.75) is 19.3 Å². The fourth-order valence-corrected chi connectivity index (χ4v) is 4.63. The zero-order valence-electron chi connectivity index (χ0n) is 15.4. The number of aliphatic carboxylic acids is 1. The number of nitrogens with zero attached hydrogens (tertiary/aromatic N) is 1. The van der Waals surface area contributed by atoms with Crippen molar-refractivity contribution in [1.29, 1.82) is 0 Å². The lowest BCUT2D eigenvalue weighted by Gasteiger charge is -2.32. The molecule has 0 aliphatic carbocycles. The van der Waals surface area contributed by atoms with E-state index in [4.69, 9.17) is 5.11 Å². The Morgan fingerprint density at radius 3 is 2.71 bits per heavy atom. The van der Waals surface area contributed by atoms with E-state index in [0.29, 0.717) is 44.0 Å². The summed E-state index contributed by atoms with van der Waals surface area (Å²) in [5.74, 6) is -0.490. The van der Waals surface area contributed by atoms with Gasteiger partial charge < -0.3 is 20.6 Å². The van der Waals surface area contributed by atoms with E-state index in [9.17, 15) is 18.8 Å². The van der Waals surface area contributed by atoms with Crippen LogP contribution in [0.1, 0.15) is 19.3 Å². The van der Waals surface area contributed by atoms with Crippen molar-refractivity contribution in [3.63, 3.8) is 0 Å². The summed E-state index contributed by atoms with van der Waals surface area (Å²) in [4.78, 5) is 36.7.